The summed E-state index contributed by atoms with van der Waals surface area (Å²) in [5.41, 5.74) is 0.600. The van der Waals surface area contributed by atoms with Crippen molar-refractivity contribution in [3.63, 3.8) is 0 Å². The normalized spacial score (nSPS) is 20.6. The van der Waals surface area contributed by atoms with Crippen LogP contribution >= 0.6 is 0 Å². The largest absolute Gasteiger partial charge is 0.488 e. The van der Waals surface area contributed by atoms with Crippen molar-refractivity contribution in [2.24, 2.45) is 0 Å². The fourth-order valence-electron chi connectivity index (χ4n) is 1.69. The van der Waals surface area contributed by atoms with E-state index in [-0.39, 0.29) is 6.10 Å². The number of nitriles is 1. The van der Waals surface area contributed by atoms with E-state index in [0.717, 1.165) is 25.9 Å². The van der Waals surface area contributed by atoms with Crippen LogP contribution in [0.4, 0.5) is 0 Å². The number of ether oxygens (including phenoxy) is 1. The van der Waals surface area contributed by atoms with E-state index in [0.29, 0.717) is 11.3 Å². The molecule has 0 unspecified atom stereocenters. The van der Waals surface area contributed by atoms with Gasteiger partial charge in [0.15, 0.2) is 0 Å². The standard InChI is InChI=1S/C12H13N2O/c13-8-10-4-1-2-6-12(10)15-11-5-3-7-14-9-11/h1-2,4,6,11H,3,5,7,9H2/t11-/m0/s1. The van der Waals surface area contributed by atoms with E-state index in [1.165, 1.54) is 0 Å². The molecule has 0 saturated carbocycles. The average Bonchev–Trinajstić information content (AvgIpc) is 2.31. The van der Waals surface area contributed by atoms with Gasteiger partial charge in [-0.2, -0.15) is 5.26 Å². The van der Waals surface area contributed by atoms with Crippen LogP contribution in [-0.2, 0) is 0 Å². The summed E-state index contributed by atoms with van der Waals surface area (Å²) in [4.78, 5) is 0. The van der Waals surface area contributed by atoms with Gasteiger partial charge in [-0.1, -0.05) is 12.1 Å². The summed E-state index contributed by atoms with van der Waals surface area (Å²) in [5.74, 6) is 0.683. The van der Waals surface area contributed by atoms with Gasteiger partial charge >= 0.3 is 0 Å². The van der Waals surface area contributed by atoms with Crippen molar-refractivity contribution in [2.45, 2.75) is 18.9 Å². The van der Waals surface area contributed by atoms with Crippen LogP contribution in [0.2, 0.25) is 0 Å². The molecule has 3 heteroatoms. The van der Waals surface area contributed by atoms with E-state index in [4.69, 9.17) is 10.00 Å². The molecule has 0 aromatic heterocycles. The van der Waals surface area contributed by atoms with Crippen molar-refractivity contribution in [2.75, 3.05) is 13.1 Å². The van der Waals surface area contributed by atoms with Crippen molar-refractivity contribution in [3.05, 3.63) is 29.8 Å². The van der Waals surface area contributed by atoms with Crippen LogP contribution in [-0.4, -0.2) is 19.2 Å². The second kappa shape index (κ2) is 4.81. The molecule has 1 aliphatic rings. The number of rotatable bonds is 2. The lowest BCUT2D eigenvalue weighted by atomic mass is 10.1. The summed E-state index contributed by atoms with van der Waals surface area (Å²) < 4.78 is 5.76. The summed E-state index contributed by atoms with van der Waals surface area (Å²) in [6, 6.07) is 9.47. The number of para-hydroxylation sites is 1. The van der Waals surface area contributed by atoms with Crippen LogP contribution in [0, 0.1) is 11.3 Å². The zero-order valence-electron chi connectivity index (χ0n) is 8.52. The Kier molecular flexibility index (Phi) is 3.21. The first kappa shape index (κ1) is 10.0. The minimum atomic E-state index is 0.147. The van der Waals surface area contributed by atoms with Crippen molar-refractivity contribution >= 4 is 0 Å². The number of hydrogen-bond donors (Lipinski definition) is 0. The van der Waals surface area contributed by atoms with Crippen molar-refractivity contribution < 1.29 is 4.74 Å². The van der Waals surface area contributed by atoms with E-state index in [9.17, 15) is 0 Å². The maximum absolute atomic E-state index is 8.89. The predicted molar refractivity (Wildman–Crippen MR) is 56.7 cm³/mol. The lowest BCUT2D eigenvalue weighted by Crippen LogP contribution is -2.33. The summed E-state index contributed by atoms with van der Waals surface area (Å²) in [6.45, 7) is 1.69. The maximum Gasteiger partial charge on any atom is 0.137 e. The molecule has 0 aliphatic carbocycles. The van der Waals surface area contributed by atoms with Gasteiger partial charge < -0.3 is 4.74 Å². The third-order valence-electron chi connectivity index (χ3n) is 2.48. The van der Waals surface area contributed by atoms with E-state index >= 15 is 0 Å². The van der Waals surface area contributed by atoms with E-state index in [1.54, 1.807) is 6.07 Å². The van der Waals surface area contributed by atoms with Crippen LogP contribution in [0.25, 0.3) is 0 Å². The quantitative estimate of drug-likeness (QED) is 0.731. The van der Waals surface area contributed by atoms with Crippen LogP contribution in [0.5, 0.6) is 5.75 Å². The third kappa shape index (κ3) is 2.48. The summed E-state index contributed by atoms with van der Waals surface area (Å²) in [5, 5.41) is 13.2. The molecule has 1 aromatic rings. The minimum Gasteiger partial charge on any atom is -0.488 e. The monoisotopic (exact) mass is 201 g/mol. The first-order valence-corrected chi connectivity index (χ1v) is 5.19. The van der Waals surface area contributed by atoms with Gasteiger partial charge in [0.2, 0.25) is 0 Å². The lowest BCUT2D eigenvalue weighted by molar-refractivity contribution is 0.165. The third-order valence-corrected chi connectivity index (χ3v) is 2.48. The Labute approximate surface area is 89.7 Å². The molecule has 3 nitrogen and oxygen atoms in total. The van der Waals surface area contributed by atoms with Crippen LogP contribution in [0.1, 0.15) is 18.4 Å². The lowest BCUT2D eigenvalue weighted by Gasteiger charge is -2.23. The smallest absolute Gasteiger partial charge is 0.137 e. The van der Waals surface area contributed by atoms with Crippen LogP contribution < -0.4 is 10.1 Å². The number of hydrogen-bond acceptors (Lipinski definition) is 2. The second-order valence-corrected chi connectivity index (χ2v) is 3.62. The fourth-order valence-corrected chi connectivity index (χ4v) is 1.69. The SMILES string of the molecule is N#Cc1ccccc1O[C@H]1CCC[N]C1. The molecular formula is C12H13N2O. The van der Waals surface area contributed by atoms with Gasteiger partial charge in [0.1, 0.15) is 17.9 Å². The van der Waals surface area contributed by atoms with Crippen LogP contribution in [0.3, 0.4) is 0 Å². The van der Waals surface area contributed by atoms with Gasteiger partial charge in [0.05, 0.1) is 12.1 Å². The number of piperidine rings is 1. The molecule has 0 amide bonds. The zero-order valence-corrected chi connectivity index (χ0v) is 8.52. The molecule has 1 saturated heterocycles. The molecule has 0 bridgehead atoms. The van der Waals surface area contributed by atoms with Gasteiger partial charge in [-0.05, 0) is 25.0 Å². The molecule has 2 rings (SSSR count). The first-order chi connectivity index (χ1) is 7.40. The number of nitrogens with zero attached hydrogens (tertiary/aromatic N) is 2. The van der Waals surface area contributed by atoms with Gasteiger partial charge in [0, 0.05) is 6.54 Å². The Balaban J connectivity index is 2.06. The highest BCUT2D eigenvalue weighted by molar-refractivity contribution is 5.42. The zero-order chi connectivity index (χ0) is 10.5. The highest BCUT2D eigenvalue weighted by atomic mass is 16.5. The highest BCUT2D eigenvalue weighted by Crippen LogP contribution is 2.20. The predicted octanol–water partition coefficient (Wildman–Crippen LogP) is 1.70. The Morgan fingerprint density at radius 3 is 3.00 bits per heavy atom. The molecule has 1 fully saturated rings. The average molecular weight is 201 g/mol. The minimum absolute atomic E-state index is 0.147. The molecule has 77 valence electrons. The van der Waals surface area contributed by atoms with E-state index < -0.39 is 0 Å². The molecule has 0 spiro atoms. The second-order valence-electron chi connectivity index (χ2n) is 3.62. The summed E-state index contributed by atoms with van der Waals surface area (Å²) in [7, 11) is 0. The Morgan fingerprint density at radius 2 is 2.27 bits per heavy atom. The molecule has 1 aromatic carbocycles. The molecule has 0 N–H and O–H groups in total. The highest BCUT2D eigenvalue weighted by Gasteiger charge is 2.16. The van der Waals surface area contributed by atoms with Gasteiger partial charge in [-0.15, -0.1) is 0 Å². The first-order valence-electron chi connectivity index (χ1n) is 5.19. The van der Waals surface area contributed by atoms with Gasteiger partial charge in [0.25, 0.3) is 0 Å². The molecular weight excluding hydrogens is 188 g/mol. The van der Waals surface area contributed by atoms with Gasteiger partial charge in [-0.25, -0.2) is 5.32 Å². The Bertz CT molecular complexity index is 364. The van der Waals surface area contributed by atoms with Gasteiger partial charge in [-0.3, -0.25) is 0 Å². The van der Waals surface area contributed by atoms with E-state index in [1.807, 2.05) is 18.2 Å². The van der Waals surface area contributed by atoms with Crippen molar-refractivity contribution in [3.8, 4) is 11.8 Å². The van der Waals surface area contributed by atoms with Crippen LogP contribution in [0.15, 0.2) is 24.3 Å². The molecule has 1 heterocycles. The summed E-state index contributed by atoms with van der Waals surface area (Å²) in [6.07, 6.45) is 2.26. The Hall–Kier alpha value is -1.53. The Morgan fingerprint density at radius 1 is 1.40 bits per heavy atom. The fraction of sp³-hybridized carbons (Fsp3) is 0.417. The molecule has 1 radical (unpaired) electrons. The number of benzene rings is 1. The topological polar surface area (TPSA) is 47.1 Å². The van der Waals surface area contributed by atoms with Crippen molar-refractivity contribution in [1.82, 2.24) is 5.32 Å². The molecule has 1 aliphatic heterocycles. The molecule has 1 atom stereocenters. The maximum atomic E-state index is 8.89. The van der Waals surface area contributed by atoms with E-state index in [2.05, 4.69) is 11.4 Å². The molecule has 15 heavy (non-hydrogen) atoms. The van der Waals surface area contributed by atoms with Crippen molar-refractivity contribution in [1.29, 1.82) is 5.26 Å². The summed E-state index contributed by atoms with van der Waals surface area (Å²) >= 11 is 0.